The van der Waals surface area contributed by atoms with Crippen LogP contribution in [0.2, 0.25) is 5.02 Å². The van der Waals surface area contributed by atoms with Gasteiger partial charge in [-0.1, -0.05) is 36.6 Å². The third kappa shape index (κ3) is 3.60. The summed E-state index contributed by atoms with van der Waals surface area (Å²) >= 11 is 6.25. The highest BCUT2D eigenvalue weighted by Crippen LogP contribution is 2.44. The summed E-state index contributed by atoms with van der Waals surface area (Å²) in [6, 6.07) is 12.3. The van der Waals surface area contributed by atoms with Crippen LogP contribution in [0.1, 0.15) is 44.1 Å². The molecule has 2 aromatic carbocycles. The number of carbonyl (C=O) groups is 2. The van der Waals surface area contributed by atoms with Gasteiger partial charge < -0.3 is 20.2 Å². The van der Waals surface area contributed by atoms with Crippen LogP contribution >= 0.6 is 11.6 Å². The van der Waals surface area contributed by atoms with E-state index in [-0.39, 0.29) is 17.5 Å². The van der Waals surface area contributed by atoms with Crippen LogP contribution < -0.4 is 11.0 Å². The number of H-pyrrole nitrogens is 2. The number of rotatable bonds is 4. The van der Waals surface area contributed by atoms with E-state index in [1.54, 1.807) is 23.1 Å². The van der Waals surface area contributed by atoms with Crippen molar-refractivity contribution in [3.8, 4) is 0 Å². The van der Waals surface area contributed by atoms with Crippen molar-refractivity contribution in [2.45, 2.75) is 50.0 Å². The SMILES string of the molecule is O=C(Nc1ccc2[nH]c(=O)[nH]c2c1)[C@H]1CCCN1C(=O)C1(c2cccc(Cl)c2)CCCC1. The van der Waals surface area contributed by atoms with Gasteiger partial charge in [0.05, 0.1) is 16.4 Å². The molecule has 32 heavy (non-hydrogen) atoms. The molecule has 8 heteroatoms. The Kier molecular flexibility index (Phi) is 5.29. The fraction of sp³-hybridized carbons (Fsp3) is 0.375. The van der Waals surface area contributed by atoms with Crippen LogP contribution in [0.5, 0.6) is 0 Å². The van der Waals surface area contributed by atoms with Crippen LogP contribution in [0, 0.1) is 0 Å². The maximum Gasteiger partial charge on any atom is 0.323 e. The van der Waals surface area contributed by atoms with Crippen molar-refractivity contribution in [3.05, 3.63) is 63.5 Å². The molecular formula is C24H25ClN4O3. The molecule has 7 nitrogen and oxygen atoms in total. The summed E-state index contributed by atoms with van der Waals surface area (Å²) in [7, 11) is 0. The third-order valence-electron chi connectivity index (χ3n) is 6.84. The number of hydrogen-bond donors (Lipinski definition) is 3. The lowest BCUT2D eigenvalue weighted by molar-refractivity contribution is -0.141. The second-order valence-corrected chi connectivity index (χ2v) is 9.22. The maximum absolute atomic E-state index is 13.9. The average molecular weight is 453 g/mol. The molecule has 3 N–H and O–H groups in total. The Bertz CT molecular complexity index is 1240. The fourth-order valence-electron chi connectivity index (χ4n) is 5.28. The zero-order valence-corrected chi connectivity index (χ0v) is 18.4. The summed E-state index contributed by atoms with van der Waals surface area (Å²) in [5, 5.41) is 3.55. The number of carbonyl (C=O) groups excluding carboxylic acids is 2. The number of amides is 2. The lowest BCUT2D eigenvalue weighted by atomic mass is 9.77. The predicted molar refractivity (Wildman–Crippen MR) is 124 cm³/mol. The van der Waals surface area contributed by atoms with E-state index in [0.29, 0.717) is 34.7 Å². The number of likely N-dealkylation sites (tertiary alicyclic amines) is 1. The highest BCUT2D eigenvalue weighted by Gasteiger charge is 2.48. The number of hydrogen-bond acceptors (Lipinski definition) is 3. The van der Waals surface area contributed by atoms with Gasteiger partial charge in [-0.25, -0.2) is 4.79 Å². The van der Waals surface area contributed by atoms with E-state index in [9.17, 15) is 14.4 Å². The molecule has 0 unspecified atom stereocenters. The molecule has 0 radical (unpaired) electrons. The van der Waals surface area contributed by atoms with Gasteiger partial charge in [-0.15, -0.1) is 0 Å². The van der Waals surface area contributed by atoms with Crippen LogP contribution in [0.4, 0.5) is 5.69 Å². The molecule has 0 spiro atoms. The minimum Gasteiger partial charge on any atom is -0.330 e. The van der Waals surface area contributed by atoms with Crippen molar-refractivity contribution in [1.29, 1.82) is 0 Å². The molecule has 1 saturated heterocycles. The van der Waals surface area contributed by atoms with E-state index in [1.165, 1.54) is 0 Å². The van der Waals surface area contributed by atoms with Crippen molar-refractivity contribution in [3.63, 3.8) is 0 Å². The van der Waals surface area contributed by atoms with E-state index in [0.717, 1.165) is 37.7 Å². The van der Waals surface area contributed by atoms with Crippen molar-refractivity contribution in [1.82, 2.24) is 14.9 Å². The molecule has 1 atom stereocenters. The van der Waals surface area contributed by atoms with Crippen LogP contribution in [0.3, 0.4) is 0 Å². The summed E-state index contributed by atoms with van der Waals surface area (Å²) in [6.07, 6.45) is 4.94. The molecule has 1 saturated carbocycles. The van der Waals surface area contributed by atoms with Gasteiger partial charge in [-0.3, -0.25) is 9.59 Å². The molecule has 5 rings (SSSR count). The normalized spacial score (nSPS) is 20.0. The van der Waals surface area contributed by atoms with Gasteiger partial charge in [-0.05, 0) is 61.6 Å². The molecule has 2 fully saturated rings. The van der Waals surface area contributed by atoms with Crippen LogP contribution in [-0.4, -0.2) is 39.3 Å². The topological polar surface area (TPSA) is 98.1 Å². The average Bonchev–Trinajstić information content (AvgIpc) is 3.52. The summed E-state index contributed by atoms with van der Waals surface area (Å²) in [5.74, 6) is -0.173. The quantitative estimate of drug-likeness (QED) is 0.559. The third-order valence-corrected chi connectivity index (χ3v) is 7.08. The maximum atomic E-state index is 13.9. The van der Waals surface area contributed by atoms with Gasteiger partial charge in [0, 0.05) is 17.3 Å². The molecule has 1 aliphatic heterocycles. The molecular weight excluding hydrogens is 428 g/mol. The summed E-state index contributed by atoms with van der Waals surface area (Å²) in [5.41, 5.74) is 1.92. The molecule has 0 bridgehead atoms. The first-order valence-corrected chi connectivity index (χ1v) is 11.4. The van der Waals surface area contributed by atoms with E-state index in [1.807, 2.05) is 24.3 Å². The van der Waals surface area contributed by atoms with E-state index in [4.69, 9.17) is 11.6 Å². The predicted octanol–water partition coefficient (Wildman–Crippen LogP) is 3.95. The Balaban J connectivity index is 1.39. The second-order valence-electron chi connectivity index (χ2n) is 8.78. The van der Waals surface area contributed by atoms with Crippen molar-refractivity contribution >= 4 is 40.1 Å². The Morgan fingerprint density at radius 2 is 1.81 bits per heavy atom. The summed E-state index contributed by atoms with van der Waals surface area (Å²) in [4.78, 5) is 45.7. The van der Waals surface area contributed by atoms with E-state index in [2.05, 4.69) is 15.3 Å². The zero-order valence-electron chi connectivity index (χ0n) is 17.6. The Labute approximate surface area is 190 Å². The van der Waals surface area contributed by atoms with Crippen LogP contribution in [0.15, 0.2) is 47.3 Å². The number of nitrogens with one attached hydrogen (secondary N) is 3. The molecule has 166 valence electrons. The number of halogens is 1. The number of nitrogens with zero attached hydrogens (tertiary/aromatic N) is 1. The highest BCUT2D eigenvalue weighted by atomic mass is 35.5. The van der Waals surface area contributed by atoms with Gasteiger partial charge >= 0.3 is 5.69 Å². The molecule has 3 aromatic rings. The first kappa shape index (κ1) is 20.8. The van der Waals surface area contributed by atoms with Gasteiger partial charge in [-0.2, -0.15) is 0 Å². The minimum absolute atomic E-state index is 0.0281. The molecule has 2 amide bonds. The first-order chi connectivity index (χ1) is 15.5. The highest BCUT2D eigenvalue weighted by molar-refractivity contribution is 6.30. The number of aromatic nitrogens is 2. The standard InChI is InChI=1S/C24H25ClN4O3/c25-16-6-3-5-15(13-16)24(10-1-2-11-24)22(31)29-12-4-7-20(29)21(30)26-17-8-9-18-19(14-17)28-23(32)27-18/h3,5-6,8-9,13-14,20H,1-2,4,7,10-12H2,(H,26,30)(H2,27,28,32)/t20-/m1/s1. The zero-order chi connectivity index (χ0) is 22.3. The summed E-state index contributed by atoms with van der Waals surface area (Å²) < 4.78 is 0. The Morgan fingerprint density at radius 3 is 2.59 bits per heavy atom. The van der Waals surface area contributed by atoms with Gasteiger partial charge in [0.25, 0.3) is 0 Å². The monoisotopic (exact) mass is 452 g/mol. The molecule has 1 aliphatic carbocycles. The molecule has 2 heterocycles. The van der Waals surface area contributed by atoms with Gasteiger partial charge in [0.2, 0.25) is 11.8 Å². The second kappa shape index (κ2) is 8.13. The lowest BCUT2D eigenvalue weighted by Gasteiger charge is -2.35. The largest absolute Gasteiger partial charge is 0.330 e. The van der Waals surface area contributed by atoms with Crippen LogP contribution in [-0.2, 0) is 15.0 Å². The molecule has 1 aromatic heterocycles. The number of imidazole rings is 1. The number of benzene rings is 2. The van der Waals surface area contributed by atoms with E-state index >= 15 is 0 Å². The first-order valence-electron chi connectivity index (χ1n) is 11.1. The van der Waals surface area contributed by atoms with Crippen molar-refractivity contribution < 1.29 is 9.59 Å². The Hall–Kier alpha value is -3.06. The smallest absolute Gasteiger partial charge is 0.323 e. The van der Waals surface area contributed by atoms with Crippen LogP contribution in [0.25, 0.3) is 11.0 Å². The number of anilines is 1. The van der Waals surface area contributed by atoms with E-state index < -0.39 is 11.5 Å². The summed E-state index contributed by atoms with van der Waals surface area (Å²) in [6.45, 7) is 0.573. The minimum atomic E-state index is -0.614. The Morgan fingerprint density at radius 1 is 1.03 bits per heavy atom. The lowest BCUT2D eigenvalue weighted by Crippen LogP contribution is -2.51. The van der Waals surface area contributed by atoms with Gasteiger partial charge in [0.15, 0.2) is 0 Å². The number of aromatic amines is 2. The fourth-order valence-corrected chi connectivity index (χ4v) is 5.47. The molecule has 2 aliphatic rings. The van der Waals surface area contributed by atoms with Crippen molar-refractivity contribution in [2.24, 2.45) is 0 Å². The van der Waals surface area contributed by atoms with Gasteiger partial charge in [0.1, 0.15) is 6.04 Å². The van der Waals surface area contributed by atoms with Crippen molar-refractivity contribution in [2.75, 3.05) is 11.9 Å². The number of fused-ring (bicyclic) bond motifs is 1.